The number of benzene rings is 1. The third kappa shape index (κ3) is 2.22. The molecule has 0 aliphatic heterocycles. The summed E-state index contributed by atoms with van der Waals surface area (Å²) in [7, 11) is 0. The molecule has 0 heterocycles. The Bertz CT molecular complexity index is 428. The molecule has 0 unspecified atom stereocenters. The van der Waals surface area contributed by atoms with Crippen molar-refractivity contribution >= 4 is 44.2 Å². The molecule has 0 spiro atoms. The summed E-state index contributed by atoms with van der Waals surface area (Å²) in [6.45, 7) is 0. The van der Waals surface area contributed by atoms with Gasteiger partial charge in [0.25, 0.3) is 5.69 Å². The first-order valence-electron chi connectivity index (χ1n) is 3.53. The van der Waals surface area contributed by atoms with E-state index in [2.05, 4.69) is 15.9 Å². The summed E-state index contributed by atoms with van der Waals surface area (Å²) in [6, 6.07) is 5.03. The van der Waals surface area contributed by atoms with Crippen molar-refractivity contribution in [1.82, 2.24) is 0 Å². The first-order valence-corrected chi connectivity index (χ1v) is 5.73. The van der Waals surface area contributed by atoms with Crippen molar-refractivity contribution in [1.29, 1.82) is 5.26 Å². The summed E-state index contributed by atoms with van der Waals surface area (Å²) >= 11 is 5.08. The molecule has 1 aromatic rings. The normalized spacial score (nSPS) is 9.50. The van der Waals surface area contributed by atoms with E-state index in [1.165, 1.54) is 6.07 Å². The molecular weight excluding hydrogens is 363 g/mol. The summed E-state index contributed by atoms with van der Waals surface area (Å²) in [5.41, 5.74) is 0.767. The second kappa shape index (κ2) is 4.70. The molecule has 0 aromatic heterocycles. The molecule has 0 aliphatic carbocycles. The number of nitriles is 1. The maximum Gasteiger partial charge on any atom is 0.275 e. The van der Waals surface area contributed by atoms with Gasteiger partial charge in [-0.15, -0.1) is 0 Å². The predicted octanol–water partition coefficient (Wildman–Crippen LogP) is 2.97. The van der Waals surface area contributed by atoms with Crippen LogP contribution in [0.2, 0.25) is 0 Å². The van der Waals surface area contributed by atoms with E-state index < -0.39 is 4.92 Å². The van der Waals surface area contributed by atoms with Gasteiger partial charge in [-0.2, -0.15) is 5.26 Å². The zero-order chi connectivity index (χ0) is 10.7. The molecule has 0 aliphatic rings. The van der Waals surface area contributed by atoms with Gasteiger partial charge >= 0.3 is 0 Å². The van der Waals surface area contributed by atoms with Gasteiger partial charge in [-0.25, -0.2) is 0 Å². The molecule has 4 nitrogen and oxygen atoms in total. The molecule has 0 bridgehead atoms. The number of alkyl halides is 1. The smallest absolute Gasteiger partial charge is 0.258 e. The van der Waals surface area contributed by atoms with Crippen LogP contribution >= 0.6 is 38.5 Å². The Labute approximate surface area is 102 Å². The Morgan fingerprint density at radius 3 is 2.71 bits per heavy atom. The van der Waals surface area contributed by atoms with Crippen LogP contribution < -0.4 is 0 Å². The molecule has 0 radical (unpaired) electrons. The lowest BCUT2D eigenvalue weighted by Gasteiger charge is -2.02. The van der Waals surface area contributed by atoms with E-state index in [0.717, 1.165) is 0 Å². The summed E-state index contributed by atoms with van der Waals surface area (Å²) < 4.78 is 0.690. The molecule has 0 saturated carbocycles. The van der Waals surface area contributed by atoms with Crippen molar-refractivity contribution in [3.8, 4) is 6.07 Å². The molecule has 1 rings (SSSR count). The lowest BCUT2D eigenvalue weighted by atomic mass is 10.1. The molecule has 0 N–H and O–H groups in total. The van der Waals surface area contributed by atoms with E-state index in [-0.39, 0.29) is 5.69 Å². The molecule has 0 atom stereocenters. The minimum absolute atomic E-state index is 0.00896. The van der Waals surface area contributed by atoms with E-state index in [1.807, 2.05) is 28.7 Å². The van der Waals surface area contributed by atoms with Crippen LogP contribution in [0.1, 0.15) is 11.1 Å². The molecule has 1 aromatic carbocycles. The van der Waals surface area contributed by atoms with Crippen molar-refractivity contribution in [2.45, 2.75) is 5.33 Å². The average molecular weight is 367 g/mol. The topological polar surface area (TPSA) is 66.9 Å². The van der Waals surface area contributed by atoms with Crippen molar-refractivity contribution in [2.75, 3.05) is 0 Å². The Kier molecular flexibility index (Phi) is 3.83. The van der Waals surface area contributed by atoms with Crippen molar-refractivity contribution < 1.29 is 4.92 Å². The van der Waals surface area contributed by atoms with Crippen LogP contribution in [0.4, 0.5) is 5.69 Å². The Balaban J connectivity index is 3.49. The highest BCUT2D eigenvalue weighted by atomic mass is 127. The van der Waals surface area contributed by atoms with Gasteiger partial charge in [-0.1, -0.05) is 15.9 Å². The standard InChI is InChI=1S/C8H4BrIN2O2/c9-3-7-5(4-11)1-6(10)2-8(7)12(13)14/h1-2H,3H2. The highest BCUT2D eigenvalue weighted by Gasteiger charge is 2.17. The Morgan fingerprint density at radius 1 is 1.64 bits per heavy atom. The number of nitro benzene ring substituents is 1. The summed E-state index contributed by atoms with van der Waals surface area (Å²) in [5.74, 6) is 0. The van der Waals surface area contributed by atoms with Gasteiger partial charge in [-0.05, 0) is 28.7 Å². The Hall–Kier alpha value is -0.680. The minimum atomic E-state index is -0.473. The highest BCUT2D eigenvalue weighted by molar-refractivity contribution is 14.1. The number of hydrogen-bond acceptors (Lipinski definition) is 3. The SMILES string of the molecule is N#Cc1cc(I)cc([N+](=O)[O-])c1CBr. The molecule has 0 saturated heterocycles. The zero-order valence-electron chi connectivity index (χ0n) is 6.83. The maximum absolute atomic E-state index is 10.7. The van der Waals surface area contributed by atoms with Crippen LogP contribution in [-0.4, -0.2) is 4.92 Å². The number of nitrogens with zero attached hydrogens (tertiary/aromatic N) is 2. The quantitative estimate of drug-likeness (QED) is 0.350. The van der Waals surface area contributed by atoms with Gasteiger partial charge in [0.15, 0.2) is 0 Å². The van der Waals surface area contributed by atoms with Crippen molar-refractivity contribution in [2.24, 2.45) is 0 Å². The van der Waals surface area contributed by atoms with E-state index in [9.17, 15) is 10.1 Å². The van der Waals surface area contributed by atoms with Gasteiger partial charge in [0.05, 0.1) is 22.1 Å². The maximum atomic E-state index is 10.7. The van der Waals surface area contributed by atoms with E-state index in [4.69, 9.17) is 5.26 Å². The van der Waals surface area contributed by atoms with Crippen LogP contribution in [0, 0.1) is 25.0 Å². The number of halogens is 2. The van der Waals surface area contributed by atoms with Crippen molar-refractivity contribution in [3.63, 3.8) is 0 Å². The molecule has 6 heteroatoms. The summed E-state index contributed by atoms with van der Waals surface area (Å²) in [5, 5.41) is 19.8. The Morgan fingerprint density at radius 2 is 2.29 bits per heavy atom. The summed E-state index contributed by atoms with van der Waals surface area (Å²) in [6.07, 6.45) is 0. The fourth-order valence-corrected chi connectivity index (χ4v) is 2.22. The third-order valence-electron chi connectivity index (χ3n) is 1.64. The molecule has 0 amide bonds. The number of nitro groups is 1. The van der Waals surface area contributed by atoms with Crippen LogP contribution in [0.3, 0.4) is 0 Å². The third-order valence-corrected chi connectivity index (χ3v) is 2.83. The lowest BCUT2D eigenvalue weighted by Crippen LogP contribution is -1.97. The van der Waals surface area contributed by atoms with Gasteiger partial charge in [-0.3, -0.25) is 10.1 Å². The molecule has 14 heavy (non-hydrogen) atoms. The van der Waals surface area contributed by atoms with Gasteiger partial charge in [0.1, 0.15) is 0 Å². The van der Waals surface area contributed by atoms with Crippen LogP contribution in [0.25, 0.3) is 0 Å². The van der Waals surface area contributed by atoms with Gasteiger partial charge in [0, 0.05) is 15.0 Å². The molecule has 72 valence electrons. The minimum Gasteiger partial charge on any atom is -0.258 e. The van der Waals surface area contributed by atoms with Crippen LogP contribution in [-0.2, 0) is 5.33 Å². The monoisotopic (exact) mass is 366 g/mol. The van der Waals surface area contributed by atoms with Crippen LogP contribution in [0.5, 0.6) is 0 Å². The largest absolute Gasteiger partial charge is 0.275 e. The van der Waals surface area contributed by atoms with Gasteiger partial charge in [0.2, 0.25) is 0 Å². The second-order valence-corrected chi connectivity index (χ2v) is 4.26. The van der Waals surface area contributed by atoms with E-state index >= 15 is 0 Å². The van der Waals surface area contributed by atoms with E-state index in [0.29, 0.717) is 20.0 Å². The second-order valence-electron chi connectivity index (χ2n) is 2.45. The first kappa shape index (κ1) is 11.4. The summed E-state index contributed by atoms with van der Waals surface area (Å²) in [4.78, 5) is 10.2. The molecular formula is C8H4BrIN2O2. The predicted molar refractivity (Wildman–Crippen MR) is 63.2 cm³/mol. The van der Waals surface area contributed by atoms with Gasteiger partial charge < -0.3 is 0 Å². The van der Waals surface area contributed by atoms with Crippen LogP contribution in [0.15, 0.2) is 12.1 Å². The zero-order valence-corrected chi connectivity index (χ0v) is 10.6. The fourth-order valence-electron chi connectivity index (χ4n) is 1.03. The fraction of sp³-hybridized carbons (Fsp3) is 0.125. The molecule has 0 fully saturated rings. The first-order chi connectivity index (χ1) is 6.60. The van der Waals surface area contributed by atoms with Crippen molar-refractivity contribution in [3.05, 3.63) is 36.9 Å². The number of rotatable bonds is 2. The van der Waals surface area contributed by atoms with E-state index in [1.54, 1.807) is 6.07 Å². The average Bonchev–Trinajstić information content (AvgIpc) is 2.16. The number of hydrogen-bond donors (Lipinski definition) is 0. The lowest BCUT2D eigenvalue weighted by molar-refractivity contribution is -0.385. The highest BCUT2D eigenvalue weighted by Crippen LogP contribution is 2.27.